The van der Waals surface area contributed by atoms with E-state index in [4.69, 9.17) is 0 Å². The van der Waals surface area contributed by atoms with Crippen molar-refractivity contribution < 1.29 is 0 Å². The summed E-state index contributed by atoms with van der Waals surface area (Å²) < 4.78 is 0. The topological polar surface area (TPSA) is 0 Å². The largest absolute Gasteiger partial charge is 0.0729 e. The van der Waals surface area contributed by atoms with E-state index in [0.717, 1.165) is 0 Å². The Morgan fingerprint density at radius 2 is 1.69 bits per heavy atom. The molecule has 2 bridgehead atoms. The summed E-state index contributed by atoms with van der Waals surface area (Å²) in [6.45, 7) is 0. The third-order valence-corrected chi connectivity index (χ3v) is 3.99. The van der Waals surface area contributed by atoms with E-state index in [1.165, 1.54) is 29.2 Å². The number of allylic oxidation sites excluding steroid dienone is 2. The first kappa shape index (κ1) is 8.58. The Kier molecular flexibility index (Phi) is 1.59. The zero-order valence-corrected chi connectivity index (χ0v) is 9.11. The van der Waals surface area contributed by atoms with Gasteiger partial charge in [-0.05, 0) is 40.8 Å². The Labute approximate surface area is 95.6 Å². The molecule has 5 rings (SSSR count). The minimum Gasteiger partial charge on any atom is -0.0729 e. The maximum absolute atomic E-state index is 3.51. The number of hydrogen-bond acceptors (Lipinski definition) is 0. The van der Waals surface area contributed by atoms with Crippen molar-refractivity contribution in [2.45, 2.75) is 24.7 Å². The Bertz CT molecular complexity index is 540. The molecule has 3 aliphatic carbocycles. The minimum absolute atomic E-state index is 0.560. The summed E-state index contributed by atoms with van der Waals surface area (Å²) in [5.74, 6) is 1.19. The fraction of sp³-hybridized carbons (Fsp3) is 0.250. The summed E-state index contributed by atoms with van der Waals surface area (Å²) in [7, 11) is 0. The molecular weight excluding hydrogens is 192 g/mol. The van der Waals surface area contributed by atoms with Crippen LogP contribution in [0.5, 0.6) is 0 Å². The Morgan fingerprint density at radius 1 is 0.938 bits per heavy atom. The van der Waals surface area contributed by atoms with Crippen LogP contribution in [-0.4, -0.2) is 0 Å². The van der Waals surface area contributed by atoms with Crippen LogP contribution >= 0.6 is 0 Å². The summed E-state index contributed by atoms with van der Waals surface area (Å²) >= 11 is 0. The molecule has 2 aromatic rings. The maximum Gasteiger partial charge on any atom is 0.00927 e. The maximum atomic E-state index is 3.51. The lowest BCUT2D eigenvalue weighted by atomic mass is 9.71. The van der Waals surface area contributed by atoms with Gasteiger partial charge in [0.2, 0.25) is 0 Å². The molecule has 0 aliphatic heterocycles. The number of hydrogen-bond donors (Lipinski definition) is 0. The van der Waals surface area contributed by atoms with Crippen LogP contribution in [0.25, 0.3) is 10.8 Å². The predicted molar refractivity (Wildman–Crippen MR) is 66.5 cm³/mol. The summed E-state index contributed by atoms with van der Waals surface area (Å²) in [4.78, 5) is 0. The zero-order valence-electron chi connectivity index (χ0n) is 9.11. The second kappa shape index (κ2) is 2.98. The van der Waals surface area contributed by atoms with Gasteiger partial charge in [0, 0.05) is 11.8 Å². The predicted octanol–water partition coefficient (Wildman–Crippen LogP) is 4.17. The van der Waals surface area contributed by atoms with Gasteiger partial charge in [-0.3, -0.25) is 0 Å². The third kappa shape index (κ3) is 1.05. The molecule has 16 heavy (non-hydrogen) atoms. The first-order chi connectivity index (χ1) is 7.92. The van der Waals surface area contributed by atoms with E-state index < -0.39 is 0 Å². The fourth-order valence-electron chi connectivity index (χ4n) is 3.13. The van der Waals surface area contributed by atoms with Crippen LogP contribution in [0.1, 0.15) is 35.8 Å². The van der Waals surface area contributed by atoms with Gasteiger partial charge in [-0.25, -0.2) is 0 Å². The quantitative estimate of drug-likeness (QED) is 0.605. The van der Waals surface area contributed by atoms with Gasteiger partial charge >= 0.3 is 0 Å². The molecule has 0 spiro atoms. The highest BCUT2D eigenvalue weighted by molar-refractivity contribution is 5.84. The molecule has 0 heteroatoms. The van der Waals surface area contributed by atoms with Gasteiger partial charge < -0.3 is 0 Å². The molecule has 3 aliphatic rings. The van der Waals surface area contributed by atoms with Gasteiger partial charge in [0.25, 0.3) is 0 Å². The van der Waals surface area contributed by atoms with E-state index >= 15 is 0 Å². The molecule has 2 atom stereocenters. The molecule has 1 radical (unpaired) electrons. The summed E-state index contributed by atoms with van der Waals surface area (Å²) in [5.41, 5.74) is 3.08. The molecule has 0 aromatic heterocycles. The monoisotopic (exact) mass is 205 g/mol. The minimum atomic E-state index is 0.560. The second-order valence-corrected chi connectivity index (χ2v) is 4.90. The van der Waals surface area contributed by atoms with Gasteiger partial charge in [-0.2, -0.15) is 0 Å². The molecular formula is C16H13. The van der Waals surface area contributed by atoms with Crippen molar-refractivity contribution in [1.82, 2.24) is 0 Å². The van der Waals surface area contributed by atoms with Crippen LogP contribution in [0.2, 0.25) is 0 Å². The van der Waals surface area contributed by atoms with Crippen molar-refractivity contribution in [3.8, 4) is 0 Å². The smallest absolute Gasteiger partial charge is 0.00927 e. The average Bonchev–Trinajstić information content (AvgIpc) is 2.38. The van der Waals surface area contributed by atoms with Crippen molar-refractivity contribution in [2.24, 2.45) is 0 Å². The van der Waals surface area contributed by atoms with Gasteiger partial charge in [0.05, 0.1) is 0 Å². The second-order valence-electron chi connectivity index (χ2n) is 4.90. The molecule has 0 heterocycles. The fourth-order valence-corrected chi connectivity index (χ4v) is 3.13. The lowest BCUT2D eigenvalue weighted by Crippen LogP contribution is -2.17. The van der Waals surface area contributed by atoms with Crippen LogP contribution in [0, 0.1) is 6.08 Å². The van der Waals surface area contributed by atoms with E-state index in [1.54, 1.807) is 5.56 Å². The molecule has 0 saturated carbocycles. The van der Waals surface area contributed by atoms with Crippen molar-refractivity contribution in [3.05, 3.63) is 59.7 Å². The van der Waals surface area contributed by atoms with E-state index in [2.05, 4.69) is 48.6 Å². The van der Waals surface area contributed by atoms with E-state index in [0.29, 0.717) is 11.8 Å². The molecule has 0 N–H and O–H groups in total. The molecule has 2 unspecified atom stereocenters. The van der Waals surface area contributed by atoms with Crippen LogP contribution in [0.15, 0.2) is 42.5 Å². The van der Waals surface area contributed by atoms with Gasteiger partial charge in [0.1, 0.15) is 0 Å². The lowest BCUT2D eigenvalue weighted by Gasteiger charge is -2.33. The molecule has 0 saturated heterocycles. The van der Waals surface area contributed by atoms with E-state index in [9.17, 15) is 0 Å². The van der Waals surface area contributed by atoms with Crippen molar-refractivity contribution >= 4 is 10.8 Å². The van der Waals surface area contributed by atoms with Crippen LogP contribution < -0.4 is 0 Å². The highest BCUT2D eigenvalue weighted by Crippen LogP contribution is 2.45. The third-order valence-electron chi connectivity index (χ3n) is 3.99. The van der Waals surface area contributed by atoms with Crippen molar-refractivity contribution in [2.75, 3.05) is 0 Å². The standard InChI is InChI=1S/C16H13/c1-2-4-14-10-16-12-7-5-11(6-8-12)15(16)9-13(14)3-1/h1-5,9-12H,6,8H2. The highest BCUT2D eigenvalue weighted by Gasteiger charge is 2.29. The van der Waals surface area contributed by atoms with Gasteiger partial charge in [0.15, 0.2) is 0 Å². The summed E-state index contributed by atoms with van der Waals surface area (Å²) in [6.07, 6.45) is 8.39. The number of rotatable bonds is 0. The molecule has 0 nitrogen and oxygen atoms in total. The lowest BCUT2D eigenvalue weighted by molar-refractivity contribution is 0.543. The molecule has 0 fully saturated rings. The van der Waals surface area contributed by atoms with Crippen LogP contribution in [0.4, 0.5) is 0 Å². The van der Waals surface area contributed by atoms with Crippen LogP contribution in [0.3, 0.4) is 0 Å². The molecule has 2 aromatic carbocycles. The van der Waals surface area contributed by atoms with Crippen molar-refractivity contribution in [1.29, 1.82) is 0 Å². The van der Waals surface area contributed by atoms with E-state index in [-0.39, 0.29) is 0 Å². The Morgan fingerprint density at radius 3 is 2.38 bits per heavy atom. The first-order valence-corrected chi connectivity index (χ1v) is 6.04. The van der Waals surface area contributed by atoms with Gasteiger partial charge in [-0.1, -0.05) is 42.5 Å². The number of benzene rings is 2. The average molecular weight is 205 g/mol. The normalized spacial score (nSPS) is 26.0. The van der Waals surface area contributed by atoms with E-state index in [1.807, 2.05) is 0 Å². The van der Waals surface area contributed by atoms with Crippen LogP contribution in [-0.2, 0) is 0 Å². The zero-order chi connectivity index (χ0) is 10.5. The Hall–Kier alpha value is -1.56. The molecule has 77 valence electrons. The first-order valence-electron chi connectivity index (χ1n) is 6.04. The Balaban J connectivity index is 2.06. The summed E-state index contributed by atoms with van der Waals surface area (Å²) in [6, 6.07) is 13.4. The summed E-state index contributed by atoms with van der Waals surface area (Å²) in [5, 5.41) is 2.75. The highest BCUT2D eigenvalue weighted by atomic mass is 14.3. The SMILES string of the molecule is [C]1=CC2CCC1c1cc3ccccc3cc12. The molecule has 0 amide bonds. The van der Waals surface area contributed by atoms with Crippen molar-refractivity contribution in [3.63, 3.8) is 0 Å². The number of fused-ring (bicyclic) bond motifs is 2. The van der Waals surface area contributed by atoms with Gasteiger partial charge in [-0.15, -0.1) is 0 Å².